The summed E-state index contributed by atoms with van der Waals surface area (Å²) in [4.78, 5) is 9.66. The first-order chi connectivity index (χ1) is 11.8. The number of aromatic nitrogens is 1. The van der Waals surface area contributed by atoms with Crippen LogP contribution in [0.1, 0.15) is 11.7 Å². The molecule has 0 aliphatic carbocycles. The molecular weight excluding hydrogens is 300 g/mol. The molecule has 24 heavy (non-hydrogen) atoms. The average Bonchev–Trinajstić information content (AvgIpc) is 2.66. The molecule has 1 aromatic heterocycles. The highest BCUT2D eigenvalue weighted by molar-refractivity contribution is 5.78. The molecule has 0 saturated heterocycles. The van der Waals surface area contributed by atoms with Crippen LogP contribution >= 0.6 is 0 Å². The van der Waals surface area contributed by atoms with Gasteiger partial charge in [0.25, 0.3) is 0 Å². The smallest absolute Gasteiger partial charge is 0.217 e. The first-order valence-electron chi connectivity index (χ1n) is 7.87. The van der Waals surface area contributed by atoms with Crippen molar-refractivity contribution in [2.75, 3.05) is 14.2 Å². The van der Waals surface area contributed by atoms with Gasteiger partial charge in [-0.15, -0.1) is 0 Å². The van der Waals surface area contributed by atoms with Crippen LogP contribution < -0.4 is 10.6 Å². The van der Waals surface area contributed by atoms with E-state index >= 15 is 0 Å². The van der Waals surface area contributed by atoms with E-state index in [1.807, 2.05) is 60.7 Å². The van der Waals surface area contributed by atoms with Crippen molar-refractivity contribution in [2.45, 2.75) is 11.8 Å². The Hall–Kier alpha value is -2.56. The maximum absolute atomic E-state index is 5.75. The second-order valence-corrected chi connectivity index (χ2v) is 5.79. The van der Waals surface area contributed by atoms with E-state index in [0.717, 1.165) is 27.2 Å². The zero-order chi connectivity index (χ0) is 16.6. The molecule has 0 fully saturated rings. The Morgan fingerprint density at radius 2 is 1.62 bits per heavy atom. The third-order valence-corrected chi connectivity index (χ3v) is 4.48. The Labute approximate surface area is 140 Å². The second-order valence-electron chi connectivity index (χ2n) is 5.79. The predicted molar refractivity (Wildman–Crippen MR) is 92.9 cm³/mol. The zero-order valence-electron chi connectivity index (χ0n) is 13.6. The SMILES string of the molecule is COC1(OC)C=c2ccccc2=NC1c1ccc2ccccc2n1. The average molecular weight is 318 g/mol. The monoisotopic (exact) mass is 318 g/mol. The fourth-order valence-corrected chi connectivity index (χ4v) is 3.18. The Kier molecular flexibility index (Phi) is 3.63. The number of hydrogen-bond acceptors (Lipinski definition) is 4. The number of ether oxygens (including phenoxy) is 2. The van der Waals surface area contributed by atoms with Crippen LogP contribution in [0.15, 0.2) is 65.7 Å². The van der Waals surface area contributed by atoms with Gasteiger partial charge in [0.1, 0.15) is 0 Å². The molecule has 0 spiro atoms. The highest BCUT2D eigenvalue weighted by atomic mass is 16.7. The van der Waals surface area contributed by atoms with E-state index in [0.29, 0.717) is 0 Å². The third kappa shape index (κ3) is 2.31. The van der Waals surface area contributed by atoms with Gasteiger partial charge in [-0.2, -0.15) is 0 Å². The van der Waals surface area contributed by atoms with Crippen LogP contribution in [-0.4, -0.2) is 25.0 Å². The Bertz CT molecular complexity index is 1010. The lowest BCUT2D eigenvalue weighted by molar-refractivity contribution is -0.174. The van der Waals surface area contributed by atoms with Gasteiger partial charge in [0.2, 0.25) is 5.79 Å². The molecule has 0 saturated carbocycles. The molecule has 2 aromatic carbocycles. The van der Waals surface area contributed by atoms with Crippen molar-refractivity contribution in [3.05, 3.63) is 76.9 Å². The molecule has 3 aromatic rings. The van der Waals surface area contributed by atoms with Gasteiger partial charge in [0.05, 0.1) is 16.6 Å². The summed E-state index contributed by atoms with van der Waals surface area (Å²) >= 11 is 0. The van der Waals surface area contributed by atoms with Crippen LogP contribution in [-0.2, 0) is 9.47 Å². The van der Waals surface area contributed by atoms with Gasteiger partial charge in [0.15, 0.2) is 6.04 Å². The number of methoxy groups -OCH3 is 2. The molecule has 0 bridgehead atoms. The summed E-state index contributed by atoms with van der Waals surface area (Å²) < 4.78 is 11.5. The second kappa shape index (κ2) is 5.82. The lowest BCUT2D eigenvalue weighted by Crippen LogP contribution is -2.46. The van der Waals surface area contributed by atoms with Crippen molar-refractivity contribution >= 4 is 17.0 Å². The largest absolute Gasteiger partial charge is 0.348 e. The van der Waals surface area contributed by atoms with Gasteiger partial charge in [-0.3, -0.25) is 9.98 Å². The fourth-order valence-electron chi connectivity index (χ4n) is 3.18. The van der Waals surface area contributed by atoms with E-state index in [2.05, 4.69) is 6.07 Å². The van der Waals surface area contributed by atoms with E-state index in [9.17, 15) is 0 Å². The standard InChI is InChI=1S/C20H18N2O2/c1-23-20(24-2)13-15-8-4-6-10-17(15)22-19(20)18-12-11-14-7-3-5-9-16(14)21-18/h3-13,19H,1-2H3. The van der Waals surface area contributed by atoms with E-state index in [-0.39, 0.29) is 6.04 Å². The molecular formula is C20H18N2O2. The van der Waals surface area contributed by atoms with Crippen molar-refractivity contribution < 1.29 is 9.47 Å². The van der Waals surface area contributed by atoms with Gasteiger partial charge in [-0.05, 0) is 24.3 Å². The first kappa shape index (κ1) is 15.0. The summed E-state index contributed by atoms with van der Waals surface area (Å²) in [6.45, 7) is 0. The number of fused-ring (bicyclic) bond motifs is 2. The van der Waals surface area contributed by atoms with Crippen LogP contribution in [0.3, 0.4) is 0 Å². The fraction of sp³-hybridized carbons (Fsp3) is 0.200. The first-order valence-corrected chi connectivity index (χ1v) is 7.87. The molecule has 4 rings (SSSR count). The van der Waals surface area contributed by atoms with Crippen molar-refractivity contribution in [3.63, 3.8) is 0 Å². The molecule has 0 amide bonds. The Morgan fingerprint density at radius 3 is 2.46 bits per heavy atom. The molecule has 1 unspecified atom stereocenters. The number of benzene rings is 2. The minimum Gasteiger partial charge on any atom is -0.348 e. The number of para-hydroxylation sites is 2. The molecule has 1 atom stereocenters. The van der Waals surface area contributed by atoms with Crippen LogP contribution in [0.5, 0.6) is 0 Å². The molecule has 4 heteroatoms. The number of hydrogen-bond donors (Lipinski definition) is 0. The molecule has 2 heterocycles. The molecule has 1 aliphatic rings. The molecule has 4 nitrogen and oxygen atoms in total. The minimum atomic E-state index is -0.968. The van der Waals surface area contributed by atoms with E-state index < -0.39 is 5.79 Å². The molecule has 120 valence electrons. The van der Waals surface area contributed by atoms with Crippen LogP contribution in [0.25, 0.3) is 17.0 Å². The number of nitrogens with zero attached hydrogens (tertiary/aromatic N) is 2. The van der Waals surface area contributed by atoms with Crippen molar-refractivity contribution in [1.82, 2.24) is 4.98 Å². The molecule has 0 radical (unpaired) electrons. The van der Waals surface area contributed by atoms with E-state index in [1.54, 1.807) is 14.2 Å². The molecule has 1 aliphatic heterocycles. The topological polar surface area (TPSA) is 43.7 Å². The van der Waals surface area contributed by atoms with Gasteiger partial charge < -0.3 is 9.47 Å². The van der Waals surface area contributed by atoms with Gasteiger partial charge in [0, 0.05) is 24.8 Å². The van der Waals surface area contributed by atoms with E-state index in [1.165, 1.54) is 0 Å². The third-order valence-electron chi connectivity index (χ3n) is 4.48. The van der Waals surface area contributed by atoms with Crippen molar-refractivity contribution in [3.8, 4) is 0 Å². The normalized spacial score (nSPS) is 18.5. The quantitative estimate of drug-likeness (QED) is 0.697. The van der Waals surface area contributed by atoms with Gasteiger partial charge in [-0.1, -0.05) is 42.5 Å². The summed E-state index contributed by atoms with van der Waals surface area (Å²) in [7, 11) is 3.27. The Balaban J connectivity index is 1.94. The number of rotatable bonds is 3. The van der Waals surface area contributed by atoms with E-state index in [4.69, 9.17) is 19.5 Å². The van der Waals surface area contributed by atoms with Crippen molar-refractivity contribution in [2.24, 2.45) is 4.99 Å². The summed E-state index contributed by atoms with van der Waals surface area (Å²) in [6.07, 6.45) is 1.98. The molecule has 0 N–H and O–H groups in total. The Morgan fingerprint density at radius 1 is 0.875 bits per heavy atom. The van der Waals surface area contributed by atoms with Gasteiger partial charge in [-0.25, -0.2) is 0 Å². The van der Waals surface area contributed by atoms with Crippen LogP contribution in [0.2, 0.25) is 0 Å². The van der Waals surface area contributed by atoms with Crippen LogP contribution in [0, 0.1) is 0 Å². The summed E-state index contributed by atoms with van der Waals surface area (Å²) in [6, 6.07) is 19.7. The minimum absolute atomic E-state index is 0.369. The lowest BCUT2D eigenvalue weighted by atomic mass is 9.98. The maximum atomic E-state index is 5.75. The van der Waals surface area contributed by atoms with Crippen LogP contribution in [0.4, 0.5) is 0 Å². The predicted octanol–water partition coefficient (Wildman–Crippen LogP) is 2.38. The highest BCUT2D eigenvalue weighted by Gasteiger charge is 2.41. The number of pyridine rings is 1. The summed E-state index contributed by atoms with van der Waals surface area (Å²) in [5.74, 6) is -0.968. The van der Waals surface area contributed by atoms with Gasteiger partial charge >= 0.3 is 0 Å². The summed E-state index contributed by atoms with van der Waals surface area (Å²) in [5.41, 5.74) is 1.76. The summed E-state index contributed by atoms with van der Waals surface area (Å²) in [5, 5.41) is 3.02. The lowest BCUT2D eigenvalue weighted by Gasteiger charge is -2.34. The highest BCUT2D eigenvalue weighted by Crippen LogP contribution is 2.35. The van der Waals surface area contributed by atoms with Crippen molar-refractivity contribution in [1.29, 1.82) is 0 Å². The maximum Gasteiger partial charge on any atom is 0.217 e. The zero-order valence-corrected chi connectivity index (χ0v) is 13.6.